The van der Waals surface area contributed by atoms with Gasteiger partial charge in [-0.3, -0.25) is 9.59 Å². The second-order valence-electron chi connectivity index (χ2n) is 15.2. The molecule has 5 aliphatic carbocycles. The van der Waals surface area contributed by atoms with E-state index in [9.17, 15) is 20.1 Å². The van der Waals surface area contributed by atoms with Crippen molar-refractivity contribution < 1.29 is 9.59 Å². The minimum atomic E-state index is -0.597. The molecule has 0 saturated heterocycles. The number of hydrogen-bond donors (Lipinski definition) is 0. The molecule has 4 nitrogen and oxygen atoms in total. The summed E-state index contributed by atoms with van der Waals surface area (Å²) in [4.78, 5) is 27.7. The van der Waals surface area contributed by atoms with E-state index in [0.29, 0.717) is 23.9 Å². The molecule has 4 saturated carbocycles. The zero-order valence-electron chi connectivity index (χ0n) is 23.9. The van der Waals surface area contributed by atoms with Crippen molar-refractivity contribution in [3.63, 3.8) is 0 Å². The van der Waals surface area contributed by atoms with Crippen LogP contribution in [0.1, 0.15) is 99.8 Å². The first-order chi connectivity index (χ1) is 17.1. The van der Waals surface area contributed by atoms with Gasteiger partial charge in [-0.1, -0.05) is 54.5 Å². The Morgan fingerprint density at radius 1 is 0.919 bits per heavy atom. The molecule has 5 aliphatic rings. The lowest BCUT2D eigenvalue weighted by Gasteiger charge is -2.72. The number of carbonyl (C=O) groups excluding carboxylic acids is 2. The quantitative estimate of drug-likeness (QED) is 0.382. The van der Waals surface area contributed by atoms with Gasteiger partial charge in [-0.2, -0.15) is 10.5 Å². The van der Waals surface area contributed by atoms with Crippen LogP contribution in [-0.4, -0.2) is 22.1 Å². The summed E-state index contributed by atoms with van der Waals surface area (Å²) in [6.07, 6.45) is 9.92. The molecular formula is C32H44N2O2S. The van der Waals surface area contributed by atoms with E-state index < -0.39 is 5.41 Å². The zero-order valence-corrected chi connectivity index (χ0v) is 24.7. The maximum atomic E-state index is 14.5. The van der Waals surface area contributed by atoms with Crippen LogP contribution < -0.4 is 0 Å². The van der Waals surface area contributed by atoms with Crippen molar-refractivity contribution in [2.45, 2.75) is 105 Å². The molecule has 2 unspecified atom stereocenters. The zero-order chi connectivity index (χ0) is 27.2. The van der Waals surface area contributed by atoms with Crippen molar-refractivity contribution in [2.24, 2.45) is 50.7 Å². The first-order valence-electron chi connectivity index (χ1n) is 14.3. The van der Waals surface area contributed by atoms with E-state index in [1.165, 1.54) is 0 Å². The SMILES string of the molecule is CC1(C)CC[C@]2(SCC#N)CC[C@]3(C)C(C(=O)C[C@@H]4[C@@]5(C)C=C(C#N)C(=O)C(C)(C)[C@@H]5CC[C@]43C)C2C1. The highest BCUT2D eigenvalue weighted by Gasteiger charge is 2.72. The number of carbonyl (C=O) groups is 2. The van der Waals surface area contributed by atoms with Gasteiger partial charge in [0, 0.05) is 22.5 Å². The third-order valence-electron chi connectivity index (χ3n) is 12.8. The summed E-state index contributed by atoms with van der Waals surface area (Å²) in [5, 5.41) is 19.4. The van der Waals surface area contributed by atoms with Gasteiger partial charge in [0.1, 0.15) is 11.9 Å². The molecule has 0 radical (unpaired) electrons. The van der Waals surface area contributed by atoms with Crippen LogP contribution in [0.3, 0.4) is 0 Å². The lowest BCUT2D eigenvalue weighted by molar-refractivity contribution is -0.207. The van der Waals surface area contributed by atoms with Crippen molar-refractivity contribution in [2.75, 3.05) is 5.75 Å². The van der Waals surface area contributed by atoms with E-state index >= 15 is 0 Å². The molecule has 4 fully saturated rings. The van der Waals surface area contributed by atoms with Gasteiger partial charge in [-0.15, -0.1) is 11.8 Å². The van der Waals surface area contributed by atoms with E-state index in [4.69, 9.17) is 0 Å². The van der Waals surface area contributed by atoms with Crippen LogP contribution >= 0.6 is 11.8 Å². The van der Waals surface area contributed by atoms with E-state index in [2.05, 4.69) is 46.8 Å². The Morgan fingerprint density at radius 3 is 2.24 bits per heavy atom. The standard InChI is InChI=1S/C32H44N2O2S/c1-27(2)10-12-32(37-15-14-33)13-11-31(7)25(21(32)18-27)22(35)16-24-29(5)17-20(19-34)26(36)28(3,4)23(29)8-9-30(24,31)6/h17,21,23-25H,8-13,15-16,18H2,1-7H3/t21?,23-,24+,25?,29-,30+,31+,32-/m0/s1. The Labute approximate surface area is 228 Å². The van der Waals surface area contributed by atoms with Crippen molar-refractivity contribution in [3.8, 4) is 12.1 Å². The maximum absolute atomic E-state index is 14.5. The molecule has 0 spiro atoms. The summed E-state index contributed by atoms with van der Waals surface area (Å²) in [7, 11) is 0. The number of thioether (sulfide) groups is 1. The van der Waals surface area contributed by atoms with Gasteiger partial charge in [0.25, 0.3) is 0 Å². The highest BCUT2D eigenvalue weighted by Crippen LogP contribution is 2.75. The summed E-state index contributed by atoms with van der Waals surface area (Å²) in [5.74, 6) is 1.45. The third kappa shape index (κ3) is 3.45. The third-order valence-corrected chi connectivity index (χ3v) is 14.4. The van der Waals surface area contributed by atoms with Crippen LogP contribution in [-0.2, 0) is 9.59 Å². The van der Waals surface area contributed by atoms with Crippen LogP contribution in [0.5, 0.6) is 0 Å². The minimum absolute atomic E-state index is 0.0195. The number of Topliss-reactive ketones (excluding diaryl/α,β-unsaturated/α-hetero) is 2. The number of hydrogen-bond acceptors (Lipinski definition) is 5. The summed E-state index contributed by atoms with van der Waals surface area (Å²) in [6.45, 7) is 15.9. The first-order valence-corrected chi connectivity index (χ1v) is 15.3. The Balaban J connectivity index is 1.62. The number of fused-ring (bicyclic) bond motifs is 7. The predicted molar refractivity (Wildman–Crippen MR) is 147 cm³/mol. The van der Waals surface area contributed by atoms with Crippen LogP contribution in [0, 0.1) is 73.4 Å². The maximum Gasteiger partial charge on any atom is 0.178 e. The highest BCUT2D eigenvalue weighted by molar-refractivity contribution is 8.00. The van der Waals surface area contributed by atoms with Crippen LogP contribution in [0.25, 0.3) is 0 Å². The summed E-state index contributed by atoms with van der Waals surface area (Å²) in [5.41, 5.74) is -0.619. The van der Waals surface area contributed by atoms with Crippen molar-refractivity contribution in [1.82, 2.24) is 0 Å². The Kier molecular flexibility index (Phi) is 5.99. The van der Waals surface area contributed by atoms with E-state index in [0.717, 1.165) is 44.9 Å². The molecule has 0 N–H and O–H groups in total. The molecule has 8 atom stereocenters. The lowest BCUT2D eigenvalue weighted by atomic mass is 9.33. The van der Waals surface area contributed by atoms with Crippen molar-refractivity contribution in [1.29, 1.82) is 10.5 Å². The molecule has 0 heterocycles. The summed E-state index contributed by atoms with van der Waals surface area (Å²) >= 11 is 1.84. The van der Waals surface area contributed by atoms with E-state index in [1.807, 2.05) is 31.7 Å². The Morgan fingerprint density at radius 2 is 1.59 bits per heavy atom. The van der Waals surface area contributed by atoms with Crippen molar-refractivity contribution >= 4 is 23.3 Å². The van der Waals surface area contributed by atoms with Gasteiger partial charge in [0.05, 0.1) is 17.4 Å². The lowest BCUT2D eigenvalue weighted by Crippen LogP contribution is -2.69. The van der Waals surface area contributed by atoms with Crippen LogP contribution in [0.15, 0.2) is 11.6 Å². The summed E-state index contributed by atoms with van der Waals surface area (Å²) in [6, 6.07) is 4.60. The topological polar surface area (TPSA) is 81.7 Å². The molecular weight excluding hydrogens is 476 g/mol. The molecule has 0 bridgehead atoms. The van der Waals surface area contributed by atoms with Crippen LogP contribution in [0.4, 0.5) is 0 Å². The molecule has 200 valence electrons. The van der Waals surface area contributed by atoms with Gasteiger partial charge < -0.3 is 0 Å². The number of rotatable bonds is 2. The second kappa shape index (κ2) is 8.21. The molecule has 5 heteroatoms. The van der Waals surface area contributed by atoms with Crippen molar-refractivity contribution in [3.05, 3.63) is 11.6 Å². The molecule has 0 amide bonds. The highest BCUT2D eigenvalue weighted by atomic mass is 32.2. The fraction of sp³-hybridized carbons (Fsp3) is 0.812. The van der Waals surface area contributed by atoms with Gasteiger partial charge in [-0.25, -0.2) is 0 Å². The number of nitriles is 2. The molecule has 0 aromatic rings. The van der Waals surface area contributed by atoms with Gasteiger partial charge in [0.15, 0.2) is 5.78 Å². The Bertz CT molecular complexity index is 1160. The second-order valence-corrected chi connectivity index (χ2v) is 16.6. The minimum Gasteiger partial charge on any atom is -0.299 e. The summed E-state index contributed by atoms with van der Waals surface area (Å²) < 4.78 is 0.0303. The monoisotopic (exact) mass is 520 g/mol. The number of allylic oxidation sites excluding steroid dienone is 2. The molecule has 37 heavy (non-hydrogen) atoms. The van der Waals surface area contributed by atoms with E-state index in [-0.39, 0.29) is 55.5 Å². The Hall–Kier alpha value is -1.59. The molecule has 0 aromatic carbocycles. The average molecular weight is 521 g/mol. The van der Waals surface area contributed by atoms with Gasteiger partial charge >= 0.3 is 0 Å². The van der Waals surface area contributed by atoms with E-state index in [1.54, 1.807) is 0 Å². The van der Waals surface area contributed by atoms with Gasteiger partial charge in [-0.05, 0) is 84.4 Å². The number of nitrogens with zero attached hydrogens (tertiary/aromatic N) is 2. The van der Waals surface area contributed by atoms with Crippen LogP contribution in [0.2, 0.25) is 0 Å². The molecule has 0 aliphatic heterocycles. The normalized spacial score (nSPS) is 47.8. The molecule has 0 aromatic heterocycles. The fourth-order valence-corrected chi connectivity index (χ4v) is 12.0. The average Bonchev–Trinajstić information content (AvgIpc) is 2.82. The van der Waals surface area contributed by atoms with Gasteiger partial charge in [0.2, 0.25) is 0 Å². The fourth-order valence-electron chi connectivity index (χ4n) is 10.7. The largest absolute Gasteiger partial charge is 0.299 e. The first kappa shape index (κ1) is 27.0. The number of ketones is 2. The molecule has 5 rings (SSSR count). The smallest absolute Gasteiger partial charge is 0.178 e. The predicted octanol–water partition coefficient (Wildman–Crippen LogP) is 7.30.